The highest BCUT2D eigenvalue weighted by molar-refractivity contribution is 7.16. The first-order chi connectivity index (χ1) is 17.2. The summed E-state index contributed by atoms with van der Waals surface area (Å²) in [6.07, 6.45) is 6.12. The molecule has 1 aliphatic heterocycles. The highest BCUT2D eigenvalue weighted by Crippen LogP contribution is 2.37. The zero-order valence-corrected chi connectivity index (χ0v) is 20.2. The molecule has 0 saturated carbocycles. The largest absolute Gasteiger partial charge is 0.487 e. The van der Waals surface area contributed by atoms with Crippen molar-refractivity contribution in [2.75, 3.05) is 25.5 Å². The van der Waals surface area contributed by atoms with E-state index in [0.717, 1.165) is 63.2 Å². The molecule has 0 spiro atoms. The Labute approximate surface area is 206 Å². The number of hydrogen-bond acceptors (Lipinski definition) is 9. The van der Waals surface area contributed by atoms with E-state index in [1.165, 1.54) is 0 Å². The van der Waals surface area contributed by atoms with Crippen molar-refractivity contribution in [3.8, 4) is 16.9 Å². The lowest BCUT2D eigenvalue weighted by atomic mass is 10.0. The summed E-state index contributed by atoms with van der Waals surface area (Å²) in [4.78, 5) is 13.6. The van der Waals surface area contributed by atoms with Gasteiger partial charge < -0.3 is 20.1 Å². The summed E-state index contributed by atoms with van der Waals surface area (Å²) >= 11 is 1.61. The van der Waals surface area contributed by atoms with E-state index < -0.39 is 0 Å². The molecular weight excluding hydrogens is 462 g/mol. The van der Waals surface area contributed by atoms with E-state index >= 15 is 0 Å². The smallest absolute Gasteiger partial charge is 0.145 e. The Kier molecular flexibility index (Phi) is 5.77. The molecule has 5 aromatic rings. The molecule has 0 amide bonds. The fourth-order valence-electron chi connectivity index (χ4n) is 4.49. The number of rotatable bonds is 6. The summed E-state index contributed by atoms with van der Waals surface area (Å²) in [6.45, 7) is 1.62. The lowest BCUT2D eigenvalue weighted by Gasteiger charge is -2.32. The van der Waals surface area contributed by atoms with Crippen molar-refractivity contribution in [3.63, 3.8) is 0 Å². The van der Waals surface area contributed by atoms with E-state index in [2.05, 4.69) is 48.9 Å². The van der Waals surface area contributed by atoms with Crippen LogP contribution >= 0.6 is 11.3 Å². The maximum Gasteiger partial charge on any atom is 0.145 e. The third-order valence-electron chi connectivity index (χ3n) is 6.28. The first-order valence-electron chi connectivity index (χ1n) is 11.5. The highest BCUT2D eigenvalue weighted by atomic mass is 32.1. The quantitative estimate of drug-likeness (QED) is 0.369. The van der Waals surface area contributed by atoms with Gasteiger partial charge in [-0.1, -0.05) is 0 Å². The second kappa shape index (κ2) is 9.21. The van der Waals surface area contributed by atoms with Gasteiger partial charge in [-0.2, -0.15) is 5.10 Å². The first-order valence-corrected chi connectivity index (χ1v) is 12.3. The second-order valence-corrected chi connectivity index (χ2v) is 9.46. The minimum atomic E-state index is -0.0878. The van der Waals surface area contributed by atoms with Crippen LogP contribution in [0.1, 0.15) is 6.42 Å². The molecule has 1 fully saturated rings. The monoisotopic (exact) mass is 487 g/mol. The minimum absolute atomic E-state index is 0.0457. The second-order valence-electron chi connectivity index (χ2n) is 8.58. The van der Waals surface area contributed by atoms with Crippen LogP contribution in [0, 0.1) is 0 Å². The highest BCUT2D eigenvalue weighted by Gasteiger charge is 2.28. The Morgan fingerprint density at radius 3 is 2.89 bits per heavy atom. The van der Waals surface area contributed by atoms with Crippen molar-refractivity contribution in [3.05, 3.63) is 54.6 Å². The van der Waals surface area contributed by atoms with E-state index in [-0.39, 0.29) is 12.2 Å². The number of aromatic nitrogens is 5. The van der Waals surface area contributed by atoms with E-state index in [1.54, 1.807) is 29.5 Å². The van der Waals surface area contributed by atoms with E-state index in [1.807, 2.05) is 37.1 Å². The Morgan fingerprint density at radius 2 is 2.03 bits per heavy atom. The number of benzene rings is 2. The summed E-state index contributed by atoms with van der Waals surface area (Å²) < 4.78 is 15.3. The standard InChI is InChI=1S/C25H25N7O2S/c1-32-12-16(10-30-32)15-7-19-24(21(8-15)34-20-5-6-26-11-22(20)33-2)25(28-13-27-19)31-17-3-4-18-23(9-17)35-14-29-18/h3-4,7-10,12-14,20,22,26H,5-6,11H2,1-2H3,(H,27,28,31)/t20-,22-/m1/s1. The zero-order valence-electron chi connectivity index (χ0n) is 19.4. The Hall–Kier alpha value is -3.60. The van der Waals surface area contributed by atoms with Gasteiger partial charge in [-0.15, -0.1) is 11.3 Å². The topological polar surface area (TPSA) is 99.0 Å². The molecule has 10 heteroatoms. The number of aryl methyl sites for hydroxylation is 1. The van der Waals surface area contributed by atoms with Crippen LogP contribution in [-0.2, 0) is 11.8 Å². The van der Waals surface area contributed by atoms with Crippen LogP contribution in [0.15, 0.2) is 54.6 Å². The van der Waals surface area contributed by atoms with Crippen LogP contribution in [0.5, 0.6) is 5.75 Å². The van der Waals surface area contributed by atoms with Gasteiger partial charge in [0.1, 0.15) is 30.1 Å². The van der Waals surface area contributed by atoms with Gasteiger partial charge in [0.05, 0.1) is 32.8 Å². The molecule has 1 saturated heterocycles. The third kappa shape index (κ3) is 4.31. The molecule has 6 rings (SSSR count). The van der Waals surface area contributed by atoms with Crippen LogP contribution in [0.4, 0.5) is 11.5 Å². The Bertz CT molecular complexity index is 1500. The van der Waals surface area contributed by atoms with E-state index in [9.17, 15) is 0 Å². The summed E-state index contributed by atoms with van der Waals surface area (Å²) in [5.74, 6) is 1.41. The third-order valence-corrected chi connectivity index (χ3v) is 7.07. The molecule has 1 aliphatic rings. The average molecular weight is 488 g/mol. The van der Waals surface area contributed by atoms with Gasteiger partial charge in [0.2, 0.25) is 0 Å². The fourth-order valence-corrected chi connectivity index (χ4v) is 5.20. The predicted octanol–water partition coefficient (Wildman–Crippen LogP) is 4.14. The number of fused-ring (bicyclic) bond motifs is 2. The number of ether oxygens (including phenoxy) is 2. The number of methoxy groups -OCH3 is 1. The van der Waals surface area contributed by atoms with Gasteiger partial charge in [-0.05, 0) is 48.9 Å². The average Bonchev–Trinajstić information content (AvgIpc) is 3.53. The summed E-state index contributed by atoms with van der Waals surface area (Å²) in [7, 11) is 3.63. The minimum Gasteiger partial charge on any atom is -0.487 e. The van der Waals surface area contributed by atoms with Crippen molar-refractivity contribution in [1.29, 1.82) is 0 Å². The van der Waals surface area contributed by atoms with Crippen molar-refractivity contribution < 1.29 is 9.47 Å². The molecule has 0 unspecified atom stereocenters. The van der Waals surface area contributed by atoms with Crippen LogP contribution in [0.2, 0.25) is 0 Å². The van der Waals surface area contributed by atoms with Crippen LogP contribution in [0.25, 0.3) is 32.2 Å². The molecular formula is C25H25N7O2S. The molecule has 3 aromatic heterocycles. The predicted molar refractivity (Wildman–Crippen MR) is 137 cm³/mol. The SMILES string of the molecule is CO[C@@H]1CNCC[C@H]1Oc1cc(-c2cnn(C)c2)cc2ncnc(Nc3ccc4ncsc4c3)c12. The Balaban J connectivity index is 1.46. The van der Waals surface area contributed by atoms with Crippen molar-refractivity contribution in [2.45, 2.75) is 18.6 Å². The molecule has 35 heavy (non-hydrogen) atoms. The van der Waals surface area contributed by atoms with Crippen LogP contribution in [-0.4, -0.2) is 57.1 Å². The summed E-state index contributed by atoms with van der Waals surface area (Å²) in [5, 5.41) is 12.0. The normalized spacial score (nSPS) is 18.2. The molecule has 0 radical (unpaired) electrons. The first kappa shape index (κ1) is 21.9. The van der Waals surface area contributed by atoms with Crippen molar-refractivity contribution >= 4 is 44.0 Å². The van der Waals surface area contributed by atoms with E-state index in [4.69, 9.17) is 9.47 Å². The number of piperidine rings is 1. The molecule has 0 aliphatic carbocycles. The number of anilines is 2. The van der Waals surface area contributed by atoms with Gasteiger partial charge in [0.25, 0.3) is 0 Å². The van der Waals surface area contributed by atoms with Gasteiger partial charge in [-0.25, -0.2) is 15.0 Å². The summed E-state index contributed by atoms with van der Waals surface area (Å²) in [5.41, 5.74) is 6.54. The summed E-state index contributed by atoms with van der Waals surface area (Å²) in [6, 6.07) is 10.2. The number of hydrogen-bond donors (Lipinski definition) is 2. The lowest BCUT2D eigenvalue weighted by Crippen LogP contribution is -2.47. The zero-order chi connectivity index (χ0) is 23.8. The fraction of sp³-hybridized carbons (Fsp3) is 0.280. The van der Waals surface area contributed by atoms with Crippen molar-refractivity contribution in [1.82, 2.24) is 30.0 Å². The van der Waals surface area contributed by atoms with Crippen molar-refractivity contribution in [2.24, 2.45) is 7.05 Å². The molecule has 178 valence electrons. The van der Waals surface area contributed by atoms with Crippen LogP contribution in [0.3, 0.4) is 0 Å². The molecule has 2 N–H and O–H groups in total. The lowest BCUT2D eigenvalue weighted by molar-refractivity contribution is -0.0135. The van der Waals surface area contributed by atoms with Gasteiger partial charge in [0, 0.05) is 38.1 Å². The molecule has 2 atom stereocenters. The Morgan fingerprint density at radius 1 is 1.09 bits per heavy atom. The van der Waals surface area contributed by atoms with Gasteiger partial charge >= 0.3 is 0 Å². The molecule has 4 heterocycles. The molecule has 9 nitrogen and oxygen atoms in total. The molecule has 0 bridgehead atoms. The van der Waals surface area contributed by atoms with Crippen LogP contribution < -0.4 is 15.4 Å². The molecule has 2 aromatic carbocycles. The van der Waals surface area contributed by atoms with E-state index in [0.29, 0.717) is 5.82 Å². The maximum atomic E-state index is 6.66. The number of nitrogens with zero attached hydrogens (tertiary/aromatic N) is 5. The van der Waals surface area contributed by atoms with Gasteiger partial charge in [-0.3, -0.25) is 4.68 Å². The maximum absolute atomic E-state index is 6.66. The number of nitrogens with one attached hydrogen (secondary N) is 2. The number of thiazole rings is 1. The van der Waals surface area contributed by atoms with Gasteiger partial charge in [0.15, 0.2) is 0 Å².